The number of benzene rings is 2. The molecule has 0 saturated heterocycles. The van der Waals surface area contributed by atoms with E-state index in [1.807, 2.05) is 53.9 Å². The second-order valence-electron chi connectivity index (χ2n) is 13.5. The van der Waals surface area contributed by atoms with Crippen LogP contribution in [0.1, 0.15) is 71.3 Å². The highest BCUT2D eigenvalue weighted by Crippen LogP contribution is 2.32. The van der Waals surface area contributed by atoms with Gasteiger partial charge in [-0.1, -0.05) is 90.1 Å². The Balaban J connectivity index is 1.41. The van der Waals surface area contributed by atoms with E-state index >= 15 is 0 Å². The predicted octanol–water partition coefficient (Wildman–Crippen LogP) is 7.62. The van der Waals surface area contributed by atoms with Gasteiger partial charge in [-0.2, -0.15) is 0 Å². The summed E-state index contributed by atoms with van der Waals surface area (Å²) in [4.78, 5) is 64.8. The lowest BCUT2D eigenvalue weighted by atomic mass is 10.0. The van der Waals surface area contributed by atoms with E-state index in [1.54, 1.807) is 39.4 Å². The molecule has 2 heterocycles. The molecule has 0 aliphatic heterocycles. The lowest BCUT2D eigenvalue weighted by Crippen LogP contribution is -2.51. The number of hydrogen-bond acceptors (Lipinski definition) is 9. The normalized spacial score (nSPS) is 12.3. The van der Waals surface area contributed by atoms with Gasteiger partial charge in [0.25, 0.3) is 0 Å². The topological polar surface area (TPSA) is 134 Å². The average molecular weight is 761 g/mol. The number of ether oxygens (including phenoxy) is 1. The zero-order valence-electron chi connectivity index (χ0n) is 31.8. The summed E-state index contributed by atoms with van der Waals surface area (Å²) in [5.41, 5.74) is 4.26. The van der Waals surface area contributed by atoms with Crippen LogP contribution >= 0.6 is 22.7 Å². The van der Waals surface area contributed by atoms with E-state index in [4.69, 9.17) is 4.74 Å². The highest BCUT2D eigenvalue weighted by atomic mass is 32.1. The molecule has 0 bridgehead atoms. The number of thiazole rings is 2. The molecule has 53 heavy (non-hydrogen) atoms. The molecule has 0 spiro atoms. The smallest absolute Gasteiger partial charge is 0.407 e. The molecule has 0 unspecified atom stereocenters. The van der Waals surface area contributed by atoms with Crippen LogP contribution in [0.25, 0.3) is 32.0 Å². The number of nitrogens with zero attached hydrogens (tertiary/aromatic N) is 4. The minimum absolute atomic E-state index is 0.0211. The fourth-order valence-corrected chi connectivity index (χ4v) is 7.80. The van der Waals surface area contributed by atoms with Crippen LogP contribution in [-0.2, 0) is 32.2 Å². The van der Waals surface area contributed by atoms with E-state index in [-0.39, 0.29) is 30.3 Å². The lowest BCUT2D eigenvalue weighted by Gasteiger charge is -2.28. The molecule has 4 rings (SSSR count). The molecular weight excluding hydrogens is 709 g/mol. The standard InChI is InChI=1S/C40H52N6O5S2/c1-8-19-45(38(48)36(26(4)5)43-25-47)23-34-41-21-32(52-34)30-15-11-28(12-16-30)29-13-17-31(18-14-29)33-22-42-35(53-33)24-46(20-9-2)39(49)37(27(6)7)44-40(50)51-10-3/h11-18,21-22,25-27,36-37H,8-10,19-20,23-24H2,1-7H3,(H,43,47)(H,44,50)/t36-,37-/m0/s1. The Morgan fingerprint density at radius 1 is 0.698 bits per heavy atom. The predicted molar refractivity (Wildman–Crippen MR) is 212 cm³/mol. The van der Waals surface area contributed by atoms with Gasteiger partial charge in [-0.15, -0.1) is 22.7 Å². The van der Waals surface area contributed by atoms with Gasteiger partial charge >= 0.3 is 6.09 Å². The zero-order chi connectivity index (χ0) is 38.5. The van der Waals surface area contributed by atoms with E-state index in [2.05, 4.69) is 69.1 Å². The van der Waals surface area contributed by atoms with Crippen molar-refractivity contribution < 1.29 is 23.9 Å². The fraction of sp³-hybridized carbons (Fsp3) is 0.450. The Morgan fingerprint density at radius 3 is 1.49 bits per heavy atom. The summed E-state index contributed by atoms with van der Waals surface area (Å²) in [5, 5.41) is 7.08. The number of amides is 4. The van der Waals surface area contributed by atoms with Crippen molar-refractivity contribution in [2.45, 2.75) is 86.5 Å². The van der Waals surface area contributed by atoms with Crippen LogP contribution in [0, 0.1) is 11.8 Å². The monoisotopic (exact) mass is 760 g/mol. The number of hydrogen-bond donors (Lipinski definition) is 2. The van der Waals surface area contributed by atoms with Crippen molar-refractivity contribution in [3.05, 3.63) is 70.9 Å². The second-order valence-corrected chi connectivity index (χ2v) is 15.7. The molecule has 13 heteroatoms. The quantitative estimate of drug-likeness (QED) is 0.0940. The summed E-state index contributed by atoms with van der Waals surface area (Å²) in [7, 11) is 0. The Morgan fingerprint density at radius 2 is 1.11 bits per heavy atom. The van der Waals surface area contributed by atoms with Crippen LogP contribution in [-0.4, -0.2) is 75.9 Å². The van der Waals surface area contributed by atoms with Gasteiger partial charge in [0.15, 0.2) is 0 Å². The molecule has 0 aliphatic rings. The fourth-order valence-electron chi connectivity index (χ4n) is 5.92. The molecular formula is C40H52N6O5S2. The summed E-state index contributed by atoms with van der Waals surface area (Å²) in [6.45, 7) is 15.6. The minimum atomic E-state index is -0.684. The summed E-state index contributed by atoms with van der Waals surface area (Å²) in [6.07, 6.45) is 5.29. The van der Waals surface area contributed by atoms with Gasteiger partial charge < -0.3 is 25.2 Å². The Bertz CT molecular complexity index is 1790. The maximum atomic E-state index is 13.5. The Kier molecular flexibility index (Phi) is 15.5. The van der Waals surface area contributed by atoms with Crippen molar-refractivity contribution in [3.63, 3.8) is 0 Å². The van der Waals surface area contributed by atoms with Gasteiger partial charge in [0.1, 0.15) is 22.1 Å². The van der Waals surface area contributed by atoms with Crippen LogP contribution in [0.5, 0.6) is 0 Å². The summed E-state index contributed by atoms with van der Waals surface area (Å²) in [6, 6.07) is 15.5. The second kappa shape index (κ2) is 20.0. The van der Waals surface area contributed by atoms with E-state index < -0.39 is 18.2 Å². The van der Waals surface area contributed by atoms with Crippen LogP contribution in [0.15, 0.2) is 60.9 Å². The Labute approximate surface area is 321 Å². The van der Waals surface area contributed by atoms with Crippen molar-refractivity contribution in [1.29, 1.82) is 0 Å². The van der Waals surface area contributed by atoms with Crippen LogP contribution in [0.3, 0.4) is 0 Å². The van der Waals surface area contributed by atoms with Gasteiger partial charge in [0, 0.05) is 25.5 Å². The van der Waals surface area contributed by atoms with Crippen LogP contribution in [0.4, 0.5) is 4.79 Å². The maximum absolute atomic E-state index is 13.5. The van der Waals surface area contributed by atoms with Crippen molar-refractivity contribution in [1.82, 2.24) is 30.4 Å². The molecule has 2 aromatic carbocycles. The molecule has 2 aromatic heterocycles. The molecule has 11 nitrogen and oxygen atoms in total. The maximum Gasteiger partial charge on any atom is 0.407 e. The molecule has 4 aromatic rings. The molecule has 2 N–H and O–H groups in total. The summed E-state index contributed by atoms with van der Waals surface area (Å²) in [5.74, 6) is -0.362. The molecule has 0 radical (unpaired) electrons. The molecule has 284 valence electrons. The molecule has 2 atom stereocenters. The summed E-state index contributed by atoms with van der Waals surface area (Å²) >= 11 is 3.12. The molecule has 0 aliphatic carbocycles. The van der Waals surface area contributed by atoms with E-state index in [0.717, 1.165) is 54.9 Å². The van der Waals surface area contributed by atoms with Crippen LogP contribution in [0.2, 0.25) is 0 Å². The number of nitrogens with one attached hydrogen (secondary N) is 2. The molecule has 4 amide bonds. The first-order chi connectivity index (χ1) is 25.5. The highest BCUT2D eigenvalue weighted by Gasteiger charge is 2.30. The van der Waals surface area contributed by atoms with Gasteiger partial charge in [-0.05, 0) is 53.9 Å². The van der Waals surface area contributed by atoms with E-state index in [0.29, 0.717) is 32.6 Å². The number of carbonyl (C=O) groups is 4. The third-order valence-electron chi connectivity index (χ3n) is 8.70. The van der Waals surface area contributed by atoms with E-state index in [1.165, 1.54) is 0 Å². The van der Waals surface area contributed by atoms with Gasteiger partial charge in [0.05, 0.1) is 29.5 Å². The van der Waals surface area contributed by atoms with Crippen molar-refractivity contribution in [3.8, 4) is 32.0 Å². The number of alkyl carbamates (subject to hydrolysis) is 1. The number of rotatable bonds is 19. The average Bonchev–Trinajstić information content (AvgIpc) is 3.82. The van der Waals surface area contributed by atoms with Crippen LogP contribution < -0.4 is 10.6 Å². The first-order valence-corrected chi connectivity index (χ1v) is 19.9. The third kappa shape index (κ3) is 11.2. The summed E-state index contributed by atoms with van der Waals surface area (Å²) < 4.78 is 5.03. The lowest BCUT2D eigenvalue weighted by molar-refractivity contribution is -0.136. The SMILES string of the molecule is CCCN(Cc1ncc(-c2ccc(-c3ccc(-c4cnc(CN(CCC)C(=O)[C@@H](NC(=O)OCC)C(C)C)s4)cc3)cc2)s1)C(=O)[C@@H](NC=O)C(C)C. The first kappa shape index (κ1) is 41.1. The first-order valence-electron chi connectivity index (χ1n) is 18.3. The molecule has 0 fully saturated rings. The highest BCUT2D eigenvalue weighted by molar-refractivity contribution is 7.15. The Hall–Kier alpha value is -4.62. The third-order valence-corrected chi connectivity index (χ3v) is 10.8. The number of carbonyl (C=O) groups excluding carboxylic acids is 4. The largest absolute Gasteiger partial charge is 0.450 e. The number of aromatic nitrogens is 2. The zero-order valence-corrected chi connectivity index (χ0v) is 33.4. The van der Waals surface area contributed by atoms with Crippen molar-refractivity contribution >= 4 is 47.0 Å². The molecule has 0 saturated carbocycles. The van der Waals surface area contributed by atoms with Crippen molar-refractivity contribution in [2.24, 2.45) is 11.8 Å². The van der Waals surface area contributed by atoms with Gasteiger partial charge in [-0.25, -0.2) is 14.8 Å². The van der Waals surface area contributed by atoms with Gasteiger partial charge in [-0.3, -0.25) is 14.4 Å². The van der Waals surface area contributed by atoms with Crippen molar-refractivity contribution in [2.75, 3.05) is 19.7 Å². The van der Waals surface area contributed by atoms with E-state index in [9.17, 15) is 19.2 Å². The minimum Gasteiger partial charge on any atom is -0.450 e. The van der Waals surface area contributed by atoms with Gasteiger partial charge in [0.2, 0.25) is 18.2 Å².